The van der Waals surface area contributed by atoms with Gasteiger partial charge in [0.15, 0.2) is 0 Å². The Morgan fingerprint density at radius 3 is 2.59 bits per heavy atom. The van der Waals surface area contributed by atoms with Crippen LogP contribution in [0.1, 0.15) is 5.69 Å². The van der Waals surface area contributed by atoms with Crippen molar-refractivity contribution in [3.05, 3.63) is 65.3 Å². The molecule has 108 valence electrons. The minimum Gasteiger partial charge on any atom is -0.354 e. The number of para-hydroxylation sites is 1. The normalized spacial score (nSPS) is 11.2. The van der Waals surface area contributed by atoms with E-state index in [-0.39, 0.29) is 0 Å². The standard InChI is InChI=1S/C18H13ClN2S/c1-11-17(16-10-13-4-2-3-5-15(13)21-16)22-18(20-11)12-6-8-14(19)9-7-12/h2-10,21H,1H3. The zero-order valence-electron chi connectivity index (χ0n) is 11.9. The topological polar surface area (TPSA) is 28.7 Å². The Bertz CT molecular complexity index is 918. The lowest BCUT2D eigenvalue weighted by Crippen LogP contribution is -1.78. The Kier molecular flexibility index (Phi) is 3.25. The molecule has 4 aromatic rings. The van der Waals surface area contributed by atoms with Crippen molar-refractivity contribution in [2.45, 2.75) is 6.92 Å². The summed E-state index contributed by atoms with van der Waals surface area (Å²) in [5, 5.41) is 2.98. The Balaban J connectivity index is 1.81. The number of benzene rings is 2. The predicted molar refractivity (Wildman–Crippen MR) is 94.6 cm³/mol. The van der Waals surface area contributed by atoms with Crippen LogP contribution < -0.4 is 0 Å². The maximum absolute atomic E-state index is 5.95. The SMILES string of the molecule is Cc1nc(-c2ccc(Cl)cc2)sc1-c1cc2ccccc2[nH]1. The molecule has 0 bridgehead atoms. The molecule has 0 saturated heterocycles. The van der Waals surface area contributed by atoms with Crippen molar-refractivity contribution in [1.82, 2.24) is 9.97 Å². The van der Waals surface area contributed by atoms with Crippen molar-refractivity contribution in [2.75, 3.05) is 0 Å². The molecule has 0 fully saturated rings. The van der Waals surface area contributed by atoms with Crippen LogP contribution in [0.4, 0.5) is 0 Å². The third-order valence-electron chi connectivity index (χ3n) is 3.66. The molecule has 22 heavy (non-hydrogen) atoms. The molecule has 0 radical (unpaired) electrons. The highest BCUT2D eigenvalue weighted by molar-refractivity contribution is 7.18. The lowest BCUT2D eigenvalue weighted by Gasteiger charge is -1.95. The molecule has 0 saturated carbocycles. The van der Waals surface area contributed by atoms with Crippen molar-refractivity contribution >= 4 is 33.8 Å². The van der Waals surface area contributed by atoms with E-state index in [4.69, 9.17) is 16.6 Å². The van der Waals surface area contributed by atoms with Crippen LogP contribution >= 0.6 is 22.9 Å². The molecule has 1 N–H and O–H groups in total. The van der Waals surface area contributed by atoms with Crippen LogP contribution in [0.2, 0.25) is 5.02 Å². The molecular weight excluding hydrogens is 312 g/mol. The van der Waals surface area contributed by atoms with Gasteiger partial charge in [-0.3, -0.25) is 0 Å². The van der Waals surface area contributed by atoms with Crippen molar-refractivity contribution < 1.29 is 0 Å². The first kappa shape index (κ1) is 13.6. The van der Waals surface area contributed by atoms with Gasteiger partial charge in [-0.15, -0.1) is 11.3 Å². The number of aromatic nitrogens is 2. The first-order valence-corrected chi connectivity index (χ1v) is 8.21. The van der Waals surface area contributed by atoms with Gasteiger partial charge in [0.25, 0.3) is 0 Å². The van der Waals surface area contributed by atoms with Crippen LogP contribution in [0.3, 0.4) is 0 Å². The van der Waals surface area contributed by atoms with Crippen molar-refractivity contribution in [3.8, 4) is 21.1 Å². The maximum atomic E-state index is 5.95. The highest BCUT2D eigenvalue weighted by Gasteiger charge is 2.13. The van der Waals surface area contributed by atoms with Crippen LogP contribution in [0.15, 0.2) is 54.6 Å². The second-order valence-electron chi connectivity index (χ2n) is 5.21. The van der Waals surface area contributed by atoms with Crippen molar-refractivity contribution in [1.29, 1.82) is 0 Å². The number of rotatable bonds is 2. The fourth-order valence-corrected chi connectivity index (χ4v) is 3.73. The van der Waals surface area contributed by atoms with Crippen LogP contribution in [0.5, 0.6) is 0 Å². The third-order valence-corrected chi connectivity index (χ3v) is 5.15. The molecule has 2 heterocycles. The molecule has 0 aliphatic carbocycles. The molecule has 0 unspecified atom stereocenters. The smallest absolute Gasteiger partial charge is 0.124 e. The van der Waals surface area contributed by atoms with E-state index in [1.54, 1.807) is 11.3 Å². The molecule has 0 aliphatic heterocycles. The van der Waals surface area contributed by atoms with Crippen LogP contribution in [0, 0.1) is 6.92 Å². The zero-order valence-corrected chi connectivity index (χ0v) is 13.5. The van der Waals surface area contributed by atoms with E-state index < -0.39 is 0 Å². The third kappa shape index (κ3) is 2.32. The predicted octanol–water partition coefficient (Wildman–Crippen LogP) is 5.92. The summed E-state index contributed by atoms with van der Waals surface area (Å²) in [5.74, 6) is 0. The minimum atomic E-state index is 0.743. The highest BCUT2D eigenvalue weighted by Crippen LogP contribution is 2.36. The van der Waals surface area contributed by atoms with Crippen molar-refractivity contribution in [3.63, 3.8) is 0 Å². The van der Waals surface area contributed by atoms with Gasteiger partial charge in [-0.05, 0) is 31.2 Å². The summed E-state index contributed by atoms with van der Waals surface area (Å²) >= 11 is 7.66. The van der Waals surface area contributed by atoms with Gasteiger partial charge >= 0.3 is 0 Å². The molecule has 0 amide bonds. The minimum absolute atomic E-state index is 0.743. The van der Waals surface area contributed by atoms with Crippen molar-refractivity contribution in [2.24, 2.45) is 0 Å². The summed E-state index contributed by atoms with van der Waals surface area (Å²) < 4.78 is 0. The number of hydrogen-bond acceptors (Lipinski definition) is 2. The molecule has 0 spiro atoms. The quantitative estimate of drug-likeness (QED) is 0.487. The second kappa shape index (κ2) is 5.27. The van der Waals surface area contributed by atoms with Gasteiger partial charge in [0, 0.05) is 21.5 Å². The second-order valence-corrected chi connectivity index (χ2v) is 6.65. The molecule has 4 heteroatoms. The highest BCUT2D eigenvalue weighted by atomic mass is 35.5. The average molecular weight is 325 g/mol. The van der Waals surface area contributed by atoms with Crippen LogP contribution in [-0.4, -0.2) is 9.97 Å². The van der Waals surface area contributed by atoms with E-state index in [9.17, 15) is 0 Å². The Hall–Kier alpha value is -2.10. The fourth-order valence-electron chi connectivity index (χ4n) is 2.56. The van der Waals surface area contributed by atoms with E-state index in [0.717, 1.165) is 32.5 Å². The number of halogens is 1. The summed E-state index contributed by atoms with van der Waals surface area (Å²) in [4.78, 5) is 9.37. The average Bonchev–Trinajstić information content (AvgIpc) is 3.11. The molecule has 2 nitrogen and oxygen atoms in total. The van der Waals surface area contributed by atoms with Crippen LogP contribution in [-0.2, 0) is 0 Å². The number of thiazole rings is 1. The number of nitrogens with zero attached hydrogens (tertiary/aromatic N) is 1. The summed E-state index contributed by atoms with van der Waals surface area (Å²) in [6, 6.07) is 18.3. The number of aromatic amines is 1. The van der Waals surface area contributed by atoms with E-state index in [1.807, 2.05) is 30.3 Å². The Labute approximate surface area is 137 Å². The number of nitrogens with one attached hydrogen (secondary N) is 1. The van der Waals surface area contributed by atoms with E-state index in [0.29, 0.717) is 0 Å². The summed E-state index contributed by atoms with van der Waals surface area (Å²) in [6.07, 6.45) is 0. The number of hydrogen-bond donors (Lipinski definition) is 1. The number of H-pyrrole nitrogens is 1. The number of aryl methyl sites for hydroxylation is 1. The number of fused-ring (bicyclic) bond motifs is 1. The lowest BCUT2D eigenvalue weighted by molar-refractivity contribution is 1.26. The Morgan fingerprint density at radius 1 is 1.05 bits per heavy atom. The van der Waals surface area contributed by atoms with Gasteiger partial charge in [-0.1, -0.05) is 41.9 Å². The van der Waals surface area contributed by atoms with Gasteiger partial charge in [0.2, 0.25) is 0 Å². The van der Waals surface area contributed by atoms with Gasteiger partial charge in [0.1, 0.15) is 5.01 Å². The van der Waals surface area contributed by atoms with Gasteiger partial charge in [-0.2, -0.15) is 0 Å². The molecular formula is C18H13ClN2S. The first-order chi connectivity index (χ1) is 10.7. The van der Waals surface area contributed by atoms with Gasteiger partial charge < -0.3 is 4.98 Å². The molecule has 4 rings (SSSR count). The Morgan fingerprint density at radius 2 is 1.82 bits per heavy atom. The molecule has 0 atom stereocenters. The lowest BCUT2D eigenvalue weighted by atomic mass is 10.2. The van der Waals surface area contributed by atoms with Gasteiger partial charge in [0.05, 0.1) is 16.3 Å². The summed E-state index contributed by atoms with van der Waals surface area (Å²) in [6.45, 7) is 2.05. The maximum Gasteiger partial charge on any atom is 0.124 e. The van der Waals surface area contributed by atoms with Gasteiger partial charge in [-0.25, -0.2) is 4.98 Å². The monoisotopic (exact) mass is 324 g/mol. The van der Waals surface area contributed by atoms with E-state index in [1.165, 1.54) is 10.3 Å². The first-order valence-electron chi connectivity index (χ1n) is 7.02. The van der Waals surface area contributed by atoms with E-state index >= 15 is 0 Å². The molecule has 2 aromatic heterocycles. The van der Waals surface area contributed by atoms with Crippen LogP contribution in [0.25, 0.3) is 32.0 Å². The zero-order chi connectivity index (χ0) is 15.1. The molecule has 0 aliphatic rings. The largest absolute Gasteiger partial charge is 0.354 e. The fraction of sp³-hybridized carbons (Fsp3) is 0.0556. The van der Waals surface area contributed by atoms with E-state index in [2.05, 4.69) is 36.2 Å². The molecule has 2 aromatic carbocycles. The summed E-state index contributed by atoms with van der Waals surface area (Å²) in [7, 11) is 0. The summed E-state index contributed by atoms with van der Waals surface area (Å²) in [5.41, 5.74) is 4.41.